The lowest BCUT2D eigenvalue weighted by molar-refractivity contribution is -0.143. The number of carbonyl (C=O) groups is 3. The second-order valence-electron chi connectivity index (χ2n) is 14.3. The highest BCUT2D eigenvalue weighted by molar-refractivity contribution is 6.07. The number of ether oxygens (including phenoxy) is 3. The Bertz CT molecular complexity index is 1280. The van der Waals surface area contributed by atoms with Gasteiger partial charge in [0.15, 0.2) is 5.78 Å². The van der Waals surface area contributed by atoms with Gasteiger partial charge in [0.1, 0.15) is 17.2 Å². The van der Waals surface area contributed by atoms with Gasteiger partial charge in [-0.15, -0.1) is 0 Å². The fourth-order valence-corrected chi connectivity index (χ4v) is 3.81. The lowest BCUT2D eigenvalue weighted by Crippen LogP contribution is -2.29. The Balaban J connectivity index is 2.59. The predicted molar refractivity (Wildman–Crippen MR) is 160 cm³/mol. The maximum absolute atomic E-state index is 13.1. The molecule has 2 aromatic carbocycles. The minimum atomic E-state index is -0.691. The number of hydrogen-bond donors (Lipinski definition) is 0. The van der Waals surface area contributed by atoms with E-state index in [2.05, 4.69) is 20.8 Å². The minimum Gasteiger partial charge on any atom is -0.496 e. The zero-order valence-corrected chi connectivity index (χ0v) is 26.5. The molecule has 0 amide bonds. The van der Waals surface area contributed by atoms with Crippen molar-refractivity contribution in [1.82, 2.24) is 0 Å². The second kappa shape index (κ2) is 11.6. The number of carbonyl (C=O) groups excluding carboxylic acids is 3. The van der Waals surface area contributed by atoms with Gasteiger partial charge in [0, 0.05) is 22.3 Å². The van der Waals surface area contributed by atoms with E-state index in [0.717, 1.165) is 11.1 Å². The highest BCUT2D eigenvalue weighted by Gasteiger charge is 2.35. The summed E-state index contributed by atoms with van der Waals surface area (Å²) in [6.45, 7) is 23.1. The number of benzene rings is 2. The molecule has 0 unspecified atom stereocenters. The summed E-state index contributed by atoms with van der Waals surface area (Å²) >= 11 is 0. The molecular weight excluding hydrogens is 504 g/mol. The number of methoxy groups -OCH3 is 1. The van der Waals surface area contributed by atoms with Crippen LogP contribution in [0.1, 0.15) is 110 Å². The standard InChI is InChI=1S/C34H46O6/c1-31(2,3)24-20-22(27(38-13)26(32(4,5)6)28(24)40-30(37)34(10,11)12)16-19-25(35)21-14-17-23(18-15-21)39-29(36)33(7,8)9/h14-20H,1-13H3/b19-16+. The first-order valence-corrected chi connectivity index (χ1v) is 13.6. The molecule has 0 saturated carbocycles. The monoisotopic (exact) mass is 550 g/mol. The molecule has 0 fully saturated rings. The first-order valence-electron chi connectivity index (χ1n) is 13.6. The van der Waals surface area contributed by atoms with Crippen molar-refractivity contribution in [1.29, 1.82) is 0 Å². The van der Waals surface area contributed by atoms with Crippen molar-refractivity contribution in [3.63, 3.8) is 0 Å². The van der Waals surface area contributed by atoms with Crippen molar-refractivity contribution in [2.24, 2.45) is 10.8 Å². The van der Waals surface area contributed by atoms with E-state index in [0.29, 0.717) is 28.4 Å². The third-order valence-electron chi connectivity index (χ3n) is 6.21. The number of rotatable bonds is 6. The van der Waals surface area contributed by atoms with Gasteiger partial charge in [0.2, 0.25) is 0 Å². The fourth-order valence-electron chi connectivity index (χ4n) is 3.81. The van der Waals surface area contributed by atoms with Gasteiger partial charge in [-0.05, 0) is 94.9 Å². The van der Waals surface area contributed by atoms with Gasteiger partial charge in [0.05, 0.1) is 17.9 Å². The summed E-state index contributed by atoms with van der Waals surface area (Å²) in [6.07, 6.45) is 3.22. The first kappa shape index (κ1) is 32.8. The topological polar surface area (TPSA) is 78.9 Å². The van der Waals surface area contributed by atoms with Crippen molar-refractivity contribution < 1.29 is 28.6 Å². The maximum atomic E-state index is 13.1. The molecule has 2 aromatic rings. The highest BCUT2D eigenvalue weighted by Crippen LogP contribution is 2.47. The zero-order valence-electron chi connectivity index (χ0n) is 26.5. The molecule has 218 valence electrons. The molecular formula is C34H46O6. The van der Waals surface area contributed by atoms with E-state index < -0.39 is 16.2 Å². The summed E-state index contributed by atoms with van der Waals surface area (Å²) in [5.74, 6) is 0.534. The van der Waals surface area contributed by atoms with Crippen LogP contribution in [0.15, 0.2) is 36.4 Å². The van der Waals surface area contributed by atoms with Crippen molar-refractivity contribution in [2.75, 3.05) is 7.11 Å². The van der Waals surface area contributed by atoms with Crippen molar-refractivity contribution >= 4 is 23.8 Å². The second-order valence-corrected chi connectivity index (χ2v) is 14.3. The van der Waals surface area contributed by atoms with E-state index in [1.165, 1.54) is 6.08 Å². The Morgan fingerprint density at radius 1 is 0.675 bits per heavy atom. The molecule has 0 spiro atoms. The maximum Gasteiger partial charge on any atom is 0.316 e. The number of hydrogen-bond acceptors (Lipinski definition) is 6. The van der Waals surface area contributed by atoms with Crippen LogP contribution in [0.3, 0.4) is 0 Å². The van der Waals surface area contributed by atoms with Crippen LogP contribution >= 0.6 is 0 Å². The van der Waals surface area contributed by atoms with Crippen LogP contribution < -0.4 is 14.2 Å². The smallest absolute Gasteiger partial charge is 0.316 e. The van der Waals surface area contributed by atoms with Crippen LogP contribution in [0.5, 0.6) is 17.2 Å². The molecule has 0 bridgehead atoms. The van der Waals surface area contributed by atoms with Crippen molar-refractivity contribution in [3.05, 3.63) is 58.7 Å². The Morgan fingerprint density at radius 2 is 1.18 bits per heavy atom. The van der Waals surface area contributed by atoms with Gasteiger partial charge < -0.3 is 14.2 Å². The Morgan fingerprint density at radius 3 is 1.60 bits per heavy atom. The van der Waals surface area contributed by atoms with Crippen LogP contribution in [0.4, 0.5) is 0 Å². The molecule has 40 heavy (non-hydrogen) atoms. The molecule has 0 aromatic heterocycles. The van der Waals surface area contributed by atoms with Crippen LogP contribution in [0.25, 0.3) is 6.08 Å². The van der Waals surface area contributed by atoms with Gasteiger partial charge in [-0.3, -0.25) is 14.4 Å². The third kappa shape index (κ3) is 8.06. The van der Waals surface area contributed by atoms with Crippen molar-refractivity contribution in [2.45, 2.75) is 93.9 Å². The van der Waals surface area contributed by atoms with Crippen LogP contribution in [0.2, 0.25) is 0 Å². The van der Waals surface area contributed by atoms with Crippen LogP contribution in [-0.4, -0.2) is 24.8 Å². The molecule has 0 heterocycles. The summed E-state index contributed by atoms with van der Waals surface area (Å²) in [4.78, 5) is 38.3. The number of ketones is 1. The molecule has 0 aliphatic carbocycles. The van der Waals surface area contributed by atoms with E-state index >= 15 is 0 Å². The summed E-state index contributed by atoms with van der Waals surface area (Å²) in [6, 6.07) is 8.41. The molecule has 0 atom stereocenters. The summed E-state index contributed by atoms with van der Waals surface area (Å²) < 4.78 is 17.4. The fraction of sp³-hybridized carbons (Fsp3) is 0.500. The molecule has 6 heteroatoms. The van der Waals surface area contributed by atoms with Gasteiger partial charge >= 0.3 is 11.9 Å². The number of allylic oxidation sites excluding steroid dienone is 1. The Kier molecular flexibility index (Phi) is 9.51. The molecule has 0 aliphatic rings. The predicted octanol–water partition coefficient (Wildman–Crippen LogP) is 8.09. The van der Waals surface area contributed by atoms with Crippen molar-refractivity contribution in [3.8, 4) is 17.2 Å². The summed E-state index contributed by atoms with van der Waals surface area (Å²) in [5.41, 5.74) is 0.632. The Labute approximate surface area is 240 Å². The summed E-state index contributed by atoms with van der Waals surface area (Å²) in [5, 5.41) is 0. The van der Waals surface area contributed by atoms with E-state index in [4.69, 9.17) is 14.2 Å². The molecule has 0 aliphatic heterocycles. The van der Waals surface area contributed by atoms with E-state index in [1.807, 2.05) is 47.6 Å². The molecule has 2 rings (SSSR count). The quantitative estimate of drug-likeness (QED) is 0.157. The normalized spacial score (nSPS) is 12.8. The zero-order chi connectivity index (χ0) is 30.8. The molecule has 6 nitrogen and oxygen atoms in total. The van der Waals surface area contributed by atoms with Crippen LogP contribution in [-0.2, 0) is 20.4 Å². The average molecular weight is 551 g/mol. The van der Waals surface area contributed by atoms with E-state index in [1.54, 1.807) is 58.2 Å². The summed E-state index contributed by atoms with van der Waals surface area (Å²) in [7, 11) is 1.58. The lowest BCUT2D eigenvalue weighted by Gasteiger charge is -2.32. The Hall–Kier alpha value is -3.41. The van der Waals surface area contributed by atoms with Gasteiger partial charge in [-0.25, -0.2) is 0 Å². The largest absolute Gasteiger partial charge is 0.496 e. The molecule has 0 N–H and O–H groups in total. The average Bonchev–Trinajstić information content (AvgIpc) is 2.80. The van der Waals surface area contributed by atoms with Gasteiger partial charge in [-0.1, -0.05) is 41.5 Å². The first-order chi connectivity index (χ1) is 18.1. The highest BCUT2D eigenvalue weighted by atomic mass is 16.5. The van der Waals surface area contributed by atoms with Gasteiger partial charge in [0.25, 0.3) is 0 Å². The SMILES string of the molecule is COc1c(/C=C/C(=O)c2ccc(OC(=O)C(C)(C)C)cc2)cc(C(C)(C)C)c(OC(=O)C(C)(C)C)c1C(C)(C)C. The van der Waals surface area contributed by atoms with Crippen LogP contribution in [0, 0.1) is 10.8 Å². The lowest BCUT2D eigenvalue weighted by atomic mass is 9.77. The minimum absolute atomic E-state index is 0.214. The van der Waals surface area contributed by atoms with E-state index in [-0.39, 0.29) is 23.1 Å². The van der Waals surface area contributed by atoms with E-state index in [9.17, 15) is 14.4 Å². The number of esters is 2. The molecule has 0 saturated heterocycles. The van der Waals surface area contributed by atoms with Gasteiger partial charge in [-0.2, -0.15) is 0 Å². The third-order valence-corrected chi connectivity index (χ3v) is 6.21. The molecule has 0 radical (unpaired) electrons.